The Balaban J connectivity index is 1.71. The molecule has 0 bridgehead atoms. The molecule has 1 fully saturated rings. The molecule has 0 radical (unpaired) electrons. The van der Waals surface area contributed by atoms with E-state index < -0.39 is 0 Å². The van der Waals surface area contributed by atoms with E-state index in [2.05, 4.69) is 5.32 Å². The first-order chi connectivity index (χ1) is 11.7. The minimum absolute atomic E-state index is 0.0290. The molecule has 3 rings (SSSR count). The van der Waals surface area contributed by atoms with Crippen molar-refractivity contribution in [3.63, 3.8) is 0 Å². The number of nitrogens with one attached hydrogen (secondary N) is 1. The lowest BCUT2D eigenvalue weighted by Crippen LogP contribution is -2.46. The molecule has 130 valence electrons. The Hall–Kier alpha value is -2.04. The number of carbonyl (C=O) groups is 2. The molecule has 0 saturated carbocycles. The van der Waals surface area contributed by atoms with Gasteiger partial charge in [-0.05, 0) is 38.2 Å². The number of fused-ring (bicyclic) bond motifs is 1. The fourth-order valence-electron chi connectivity index (χ4n) is 3.64. The number of hydrogen-bond acceptors (Lipinski definition) is 3. The zero-order chi connectivity index (χ0) is 16.9. The van der Waals surface area contributed by atoms with Gasteiger partial charge in [0, 0.05) is 18.5 Å². The first kappa shape index (κ1) is 16.8. The van der Waals surface area contributed by atoms with Crippen molar-refractivity contribution < 1.29 is 14.3 Å². The normalized spacial score (nSPS) is 23.1. The third kappa shape index (κ3) is 3.55. The van der Waals surface area contributed by atoms with Gasteiger partial charge in [-0.15, -0.1) is 0 Å². The van der Waals surface area contributed by atoms with E-state index in [0.29, 0.717) is 19.6 Å². The predicted molar refractivity (Wildman–Crippen MR) is 91.7 cm³/mol. The van der Waals surface area contributed by atoms with Crippen LogP contribution in [0.1, 0.15) is 57.1 Å². The van der Waals surface area contributed by atoms with Crippen molar-refractivity contribution in [1.29, 1.82) is 0 Å². The summed E-state index contributed by atoms with van der Waals surface area (Å²) in [5.74, 6) is 0.920. The zero-order valence-electron chi connectivity index (χ0n) is 14.3. The minimum atomic E-state index is -0.319. The van der Waals surface area contributed by atoms with E-state index in [-0.39, 0.29) is 23.9 Å². The van der Waals surface area contributed by atoms with Gasteiger partial charge in [-0.1, -0.05) is 25.1 Å². The summed E-state index contributed by atoms with van der Waals surface area (Å²) in [7, 11) is 0. The fourth-order valence-corrected chi connectivity index (χ4v) is 3.64. The van der Waals surface area contributed by atoms with Crippen LogP contribution >= 0.6 is 0 Å². The van der Waals surface area contributed by atoms with Gasteiger partial charge in [-0.25, -0.2) is 0 Å². The van der Waals surface area contributed by atoms with Crippen molar-refractivity contribution in [1.82, 2.24) is 10.2 Å². The molecule has 1 aromatic carbocycles. The molecule has 5 heteroatoms. The highest BCUT2D eigenvalue weighted by molar-refractivity contribution is 5.88. The average Bonchev–Trinajstić information content (AvgIpc) is 3.00. The van der Waals surface area contributed by atoms with Crippen molar-refractivity contribution in [2.75, 3.05) is 13.2 Å². The van der Waals surface area contributed by atoms with Crippen LogP contribution in [0.2, 0.25) is 0 Å². The second-order valence-corrected chi connectivity index (χ2v) is 6.58. The quantitative estimate of drug-likeness (QED) is 0.923. The SMILES string of the molecule is CCCC(=O)N1CCCC1C(=O)NC1CCCOc2ccccc21. The Morgan fingerprint density at radius 3 is 2.92 bits per heavy atom. The van der Waals surface area contributed by atoms with Gasteiger partial charge in [0.25, 0.3) is 0 Å². The summed E-state index contributed by atoms with van der Waals surface area (Å²) in [5.41, 5.74) is 1.03. The highest BCUT2D eigenvalue weighted by Crippen LogP contribution is 2.31. The number of likely N-dealkylation sites (tertiary alicyclic amines) is 1. The zero-order valence-corrected chi connectivity index (χ0v) is 14.3. The molecule has 1 saturated heterocycles. The highest BCUT2D eigenvalue weighted by atomic mass is 16.5. The standard InChI is InChI=1S/C19H26N2O3/c1-2-7-18(22)21-12-5-10-16(21)19(23)20-15-9-6-13-24-17-11-4-3-8-14(15)17/h3-4,8,11,15-16H,2,5-7,9-10,12-13H2,1H3,(H,20,23). The molecule has 2 heterocycles. The Morgan fingerprint density at radius 2 is 2.08 bits per heavy atom. The van der Waals surface area contributed by atoms with Crippen molar-refractivity contribution in [2.24, 2.45) is 0 Å². The third-order valence-corrected chi connectivity index (χ3v) is 4.85. The van der Waals surface area contributed by atoms with E-state index in [4.69, 9.17) is 4.74 Å². The van der Waals surface area contributed by atoms with Crippen LogP contribution in [0, 0.1) is 0 Å². The molecule has 1 N–H and O–H groups in total. The molecule has 0 spiro atoms. The Labute approximate surface area is 143 Å². The van der Waals surface area contributed by atoms with Crippen LogP contribution < -0.4 is 10.1 Å². The average molecular weight is 330 g/mol. The molecule has 2 atom stereocenters. The fraction of sp³-hybridized carbons (Fsp3) is 0.579. The Bertz CT molecular complexity index is 602. The molecular formula is C19H26N2O3. The van der Waals surface area contributed by atoms with Gasteiger partial charge >= 0.3 is 0 Å². The smallest absolute Gasteiger partial charge is 0.243 e. The number of nitrogens with zero attached hydrogens (tertiary/aromatic N) is 1. The van der Waals surface area contributed by atoms with Gasteiger partial charge in [0.15, 0.2) is 0 Å². The van der Waals surface area contributed by atoms with Crippen LogP contribution in [-0.2, 0) is 9.59 Å². The molecule has 2 aliphatic rings. The van der Waals surface area contributed by atoms with E-state index in [1.54, 1.807) is 4.90 Å². The van der Waals surface area contributed by atoms with Crippen LogP contribution in [0.5, 0.6) is 5.75 Å². The molecule has 0 aromatic heterocycles. The number of ether oxygens (including phenoxy) is 1. The predicted octanol–water partition coefficient (Wildman–Crippen LogP) is 2.81. The first-order valence-corrected chi connectivity index (χ1v) is 9.02. The van der Waals surface area contributed by atoms with Gasteiger partial charge in [-0.2, -0.15) is 0 Å². The summed E-state index contributed by atoms with van der Waals surface area (Å²) in [6.07, 6.45) is 4.76. The first-order valence-electron chi connectivity index (χ1n) is 9.02. The van der Waals surface area contributed by atoms with E-state index in [9.17, 15) is 9.59 Å². The molecule has 2 unspecified atom stereocenters. The van der Waals surface area contributed by atoms with E-state index in [0.717, 1.165) is 43.4 Å². The molecule has 0 aliphatic carbocycles. The van der Waals surface area contributed by atoms with Crippen LogP contribution in [0.4, 0.5) is 0 Å². The second-order valence-electron chi connectivity index (χ2n) is 6.58. The minimum Gasteiger partial charge on any atom is -0.493 e. The lowest BCUT2D eigenvalue weighted by atomic mass is 10.0. The van der Waals surface area contributed by atoms with Gasteiger partial charge in [0.05, 0.1) is 12.6 Å². The molecule has 1 aromatic rings. The maximum atomic E-state index is 12.8. The van der Waals surface area contributed by atoms with Crippen molar-refractivity contribution in [3.05, 3.63) is 29.8 Å². The summed E-state index contributed by atoms with van der Waals surface area (Å²) in [5, 5.41) is 3.17. The van der Waals surface area contributed by atoms with Crippen LogP contribution in [0.3, 0.4) is 0 Å². The molecule has 5 nitrogen and oxygen atoms in total. The van der Waals surface area contributed by atoms with Gasteiger partial charge < -0.3 is 15.0 Å². The number of carbonyl (C=O) groups excluding carboxylic acids is 2. The summed E-state index contributed by atoms with van der Waals surface area (Å²) in [6, 6.07) is 7.53. The number of amides is 2. The largest absolute Gasteiger partial charge is 0.493 e. The molecule has 24 heavy (non-hydrogen) atoms. The maximum absolute atomic E-state index is 12.8. The summed E-state index contributed by atoms with van der Waals surface area (Å²) in [6.45, 7) is 3.36. The second kappa shape index (κ2) is 7.69. The molecule has 2 aliphatic heterocycles. The van der Waals surface area contributed by atoms with Crippen LogP contribution in [0.15, 0.2) is 24.3 Å². The van der Waals surface area contributed by atoms with E-state index in [1.165, 1.54) is 0 Å². The third-order valence-electron chi connectivity index (χ3n) is 4.85. The van der Waals surface area contributed by atoms with Crippen molar-refractivity contribution >= 4 is 11.8 Å². The topological polar surface area (TPSA) is 58.6 Å². The van der Waals surface area contributed by atoms with Crippen molar-refractivity contribution in [2.45, 2.75) is 57.5 Å². The van der Waals surface area contributed by atoms with Crippen molar-refractivity contribution in [3.8, 4) is 5.75 Å². The maximum Gasteiger partial charge on any atom is 0.243 e. The summed E-state index contributed by atoms with van der Waals surface area (Å²) in [4.78, 5) is 26.8. The molecule has 2 amide bonds. The van der Waals surface area contributed by atoms with E-state index >= 15 is 0 Å². The number of benzene rings is 1. The monoisotopic (exact) mass is 330 g/mol. The van der Waals surface area contributed by atoms with Gasteiger partial charge in [0.1, 0.15) is 11.8 Å². The summed E-state index contributed by atoms with van der Waals surface area (Å²) >= 11 is 0. The highest BCUT2D eigenvalue weighted by Gasteiger charge is 2.35. The van der Waals surface area contributed by atoms with E-state index in [1.807, 2.05) is 31.2 Å². The lowest BCUT2D eigenvalue weighted by molar-refractivity contribution is -0.138. The van der Waals surface area contributed by atoms with Gasteiger partial charge in [-0.3, -0.25) is 9.59 Å². The Kier molecular flexibility index (Phi) is 5.38. The van der Waals surface area contributed by atoms with Gasteiger partial charge in [0.2, 0.25) is 11.8 Å². The number of rotatable bonds is 4. The Morgan fingerprint density at radius 1 is 1.25 bits per heavy atom. The summed E-state index contributed by atoms with van der Waals surface area (Å²) < 4.78 is 5.76. The van der Waals surface area contributed by atoms with Crippen LogP contribution in [-0.4, -0.2) is 35.9 Å². The number of hydrogen-bond donors (Lipinski definition) is 1. The molecular weight excluding hydrogens is 304 g/mol. The lowest BCUT2D eigenvalue weighted by Gasteiger charge is -2.26. The van der Waals surface area contributed by atoms with Crippen LogP contribution in [0.25, 0.3) is 0 Å². The number of para-hydroxylation sites is 1.